The first-order valence-electron chi connectivity index (χ1n) is 7.19. The Morgan fingerprint density at radius 1 is 0.950 bits per heavy atom. The summed E-state index contributed by atoms with van der Waals surface area (Å²) in [5, 5.41) is 0. The fraction of sp³-hybridized carbons (Fsp3) is 0.333. The van der Waals surface area contributed by atoms with Crippen LogP contribution >= 0.6 is 0 Å². The largest absolute Gasteiger partial charge is 0.399 e. The number of hydrogen-bond acceptors (Lipinski definition) is 2. The fourth-order valence-corrected chi connectivity index (χ4v) is 3.28. The van der Waals surface area contributed by atoms with Crippen molar-refractivity contribution in [3.63, 3.8) is 0 Å². The van der Waals surface area contributed by atoms with Gasteiger partial charge in [-0.2, -0.15) is 0 Å². The third-order valence-corrected chi connectivity index (χ3v) is 4.24. The van der Waals surface area contributed by atoms with Gasteiger partial charge >= 0.3 is 0 Å². The van der Waals surface area contributed by atoms with Crippen LogP contribution in [-0.2, 0) is 19.6 Å². The van der Waals surface area contributed by atoms with Crippen molar-refractivity contribution in [1.82, 2.24) is 4.90 Å². The molecule has 0 spiro atoms. The zero-order valence-electron chi connectivity index (χ0n) is 12.5. The molecule has 104 valence electrons. The number of rotatable bonds is 2. The van der Waals surface area contributed by atoms with Gasteiger partial charge in [-0.25, -0.2) is 0 Å². The summed E-state index contributed by atoms with van der Waals surface area (Å²) in [7, 11) is 0. The van der Waals surface area contributed by atoms with E-state index in [1.54, 1.807) is 0 Å². The molecule has 2 aromatic carbocycles. The van der Waals surface area contributed by atoms with E-state index in [9.17, 15) is 0 Å². The van der Waals surface area contributed by atoms with Crippen molar-refractivity contribution in [3.8, 4) is 0 Å². The Morgan fingerprint density at radius 2 is 1.60 bits per heavy atom. The summed E-state index contributed by atoms with van der Waals surface area (Å²) in [6, 6.07) is 10.8. The van der Waals surface area contributed by atoms with Gasteiger partial charge in [-0.1, -0.05) is 23.8 Å². The Morgan fingerprint density at radius 3 is 2.30 bits per heavy atom. The molecule has 0 fully saturated rings. The van der Waals surface area contributed by atoms with Gasteiger partial charge in [0, 0.05) is 25.3 Å². The number of nitrogens with two attached hydrogens (primary N) is 1. The highest BCUT2D eigenvalue weighted by Gasteiger charge is 2.20. The third-order valence-electron chi connectivity index (χ3n) is 4.24. The first kappa shape index (κ1) is 13.2. The van der Waals surface area contributed by atoms with Crippen LogP contribution in [0.25, 0.3) is 0 Å². The molecule has 2 nitrogen and oxygen atoms in total. The predicted octanol–water partition coefficient (Wildman–Crippen LogP) is 3.71. The highest BCUT2D eigenvalue weighted by atomic mass is 15.1. The molecule has 0 aromatic heterocycles. The lowest BCUT2D eigenvalue weighted by atomic mass is 9.99. The molecule has 2 aromatic rings. The lowest BCUT2D eigenvalue weighted by Crippen LogP contribution is -2.17. The molecule has 0 amide bonds. The molecule has 0 bridgehead atoms. The van der Waals surface area contributed by atoms with Gasteiger partial charge in [0.15, 0.2) is 0 Å². The number of nitrogen functional groups attached to an aromatic ring is 1. The molecular formula is C18H22N2. The maximum atomic E-state index is 5.88. The van der Waals surface area contributed by atoms with E-state index < -0.39 is 0 Å². The molecule has 0 radical (unpaired) electrons. The third kappa shape index (κ3) is 2.44. The van der Waals surface area contributed by atoms with Crippen molar-refractivity contribution in [3.05, 3.63) is 63.7 Å². The van der Waals surface area contributed by atoms with Crippen LogP contribution in [-0.4, -0.2) is 4.90 Å². The van der Waals surface area contributed by atoms with Crippen LogP contribution in [0.1, 0.15) is 33.4 Å². The van der Waals surface area contributed by atoms with Crippen LogP contribution in [0.4, 0.5) is 5.69 Å². The van der Waals surface area contributed by atoms with Gasteiger partial charge in [-0.15, -0.1) is 0 Å². The number of benzene rings is 2. The Labute approximate surface area is 121 Å². The normalized spacial score (nSPS) is 14.6. The van der Waals surface area contributed by atoms with E-state index in [4.69, 9.17) is 5.73 Å². The zero-order chi connectivity index (χ0) is 14.3. The van der Waals surface area contributed by atoms with Gasteiger partial charge < -0.3 is 5.73 Å². The number of fused-ring (bicyclic) bond motifs is 1. The summed E-state index contributed by atoms with van der Waals surface area (Å²) in [5.74, 6) is 0. The molecule has 0 aliphatic carbocycles. The van der Waals surface area contributed by atoms with Gasteiger partial charge in [0.05, 0.1) is 0 Å². The smallest absolute Gasteiger partial charge is 0.0317 e. The Hall–Kier alpha value is -1.80. The van der Waals surface area contributed by atoms with E-state index in [0.717, 1.165) is 25.3 Å². The minimum Gasteiger partial charge on any atom is -0.399 e. The summed E-state index contributed by atoms with van der Waals surface area (Å²) in [4.78, 5) is 2.49. The van der Waals surface area contributed by atoms with Gasteiger partial charge in [0.25, 0.3) is 0 Å². The number of hydrogen-bond donors (Lipinski definition) is 1. The summed E-state index contributed by atoms with van der Waals surface area (Å²) >= 11 is 0. The van der Waals surface area contributed by atoms with E-state index in [2.05, 4.69) is 49.9 Å². The van der Waals surface area contributed by atoms with E-state index in [1.807, 2.05) is 6.07 Å². The first-order chi connectivity index (χ1) is 9.52. The topological polar surface area (TPSA) is 29.3 Å². The predicted molar refractivity (Wildman–Crippen MR) is 84.5 cm³/mol. The van der Waals surface area contributed by atoms with Crippen molar-refractivity contribution in [2.24, 2.45) is 0 Å². The zero-order valence-corrected chi connectivity index (χ0v) is 12.5. The molecule has 2 heteroatoms. The number of nitrogens with zero attached hydrogens (tertiary/aromatic N) is 1. The Balaban J connectivity index is 1.81. The number of aryl methyl sites for hydroxylation is 3. The van der Waals surface area contributed by atoms with E-state index in [0.29, 0.717) is 0 Å². The Bertz CT molecular complexity index is 635. The van der Waals surface area contributed by atoms with Crippen molar-refractivity contribution >= 4 is 5.69 Å². The van der Waals surface area contributed by atoms with Crippen molar-refractivity contribution in [2.45, 2.75) is 40.4 Å². The van der Waals surface area contributed by atoms with Gasteiger partial charge in [-0.3, -0.25) is 4.90 Å². The monoisotopic (exact) mass is 266 g/mol. The minimum atomic E-state index is 0.869. The van der Waals surface area contributed by atoms with Crippen LogP contribution in [0.3, 0.4) is 0 Å². The van der Waals surface area contributed by atoms with Crippen LogP contribution in [0.5, 0.6) is 0 Å². The molecule has 1 heterocycles. The quantitative estimate of drug-likeness (QED) is 0.840. The second-order valence-electron chi connectivity index (χ2n) is 6.05. The van der Waals surface area contributed by atoms with Crippen molar-refractivity contribution < 1.29 is 0 Å². The molecule has 1 aliphatic heterocycles. The fourth-order valence-electron chi connectivity index (χ4n) is 3.28. The average Bonchev–Trinajstić information content (AvgIpc) is 2.75. The Kier molecular flexibility index (Phi) is 3.27. The average molecular weight is 266 g/mol. The van der Waals surface area contributed by atoms with Gasteiger partial charge in [0.1, 0.15) is 0 Å². The lowest BCUT2D eigenvalue weighted by molar-refractivity contribution is 0.274. The summed E-state index contributed by atoms with van der Waals surface area (Å²) in [6.45, 7) is 9.66. The van der Waals surface area contributed by atoms with Gasteiger partial charge in [-0.05, 0) is 60.7 Å². The van der Waals surface area contributed by atoms with Crippen LogP contribution < -0.4 is 5.73 Å². The van der Waals surface area contributed by atoms with Gasteiger partial charge in [0.2, 0.25) is 0 Å². The summed E-state index contributed by atoms with van der Waals surface area (Å²) in [5.41, 5.74) is 15.2. The van der Waals surface area contributed by atoms with Crippen LogP contribution in [0, 0.1) is 20.8 Å². The highest BCUT2D eigenvalue weighted by molar-refractivity contribution is 5.46. The second-order valence-corrected chi connectivity index (χ2v) is 6.05. The molecule has 0 atom stereocenters. The summed E-state index contributed by atoms with van der Waals surface area (Å²) in [6.07, 6.45) is 0. The van der Waals surface area contributed by atoms with E-state index >= 15 is 0 Å². The standard InChI is InChI=1S/C18H22N2/c1-12-6-13(2)18(14(3)7-12)11-20-9-15-4-5-17(19)8-16(15)10-20/h4-8H,9-11,19H2,1-3H3. The molecule has 0 saturated heterocycles. The summed E-state index contributed by atoms with van der Waals surface area (Å²) < 4.78 is 0. The molecule has 0 saturated carbocycles. The van der Waals surface area contributed by atoms with Crippen molar-refractivity contribution in [2.75, 3.05) is 5.73 Å². The van der Waals surface area contributed by atoms with E-state index in [-0.39, 0.29) is 0 Å². The van der Waals surface area contributed by atoms with E-state index in [1.165, 1.54) is 33.4 Å². The molecule has 20 heavy (non-hydrogen) atoms. The maximum Gasteiger partial charge on any atom is 0.0317 e. The minimum absolute atomic E-state index is 0.869. The molecule has 3 rings (SSSR count). The van der Waals surface area contributed by atoms with Crippen LogP contribution in [0.15, 0.2) is 30.3 Å². The van der Waals surface area contributed by atoms with Crippen molar-refractivity contribution in [1.29, 1.82) is 0 Å². The highest BCUT2D eigenvalue weighted by Crippen LogP contribution is 2.27. The number of anilines is 1. The maximum absolute atomic E-state index is 5.88. The lowest BCUT2D eigenvalue weighted by Gasteiger charge is -2.19. The van der Waals surface area contributed by atoms with Crippen LogP contribution in [0.2, 0.25) is 0 Å². The molecular weight excluding hydrogens is 244 g/mol. The first-order valence-corrected chi connectivity index (χ1v) is 7.19. The SMILES string of the molecule is Cc1cc(C)c(CN2Cc3ccc(N)cc3C2)c(C)c1. The second kappa shape index (κ2) is 4.95. The molecule has 1 aliphatic rings. The molecule has 0 unspecified atom stereocenters. The molecule has 2 N–H and O–H groups in total.